The molecule has 9 nitrogen and oxygen atoms in total. The first kappa shape index (κ1) is 23.9. The van der Waals surface area contributed by atoms with E-state index in [9.17, 15) is 20.2 Å². The van der Waals surface area contributed by atoms with Crippen LogP contribution in [-0.2, 0) is 0 Å². The Morgan fingerprint density at radius 3 is 2.70 bits per heavy atom. The minimum absolute atomic E-state index is 0.0379. The first-order valence-corrected chi connectivity index (χ1v) is 11.4. The Morgan fingerprint density at radius 1 is 1.19 bits per heavy atom. The first-order chi connectivity index (χ1) is 17.7. The highest BCUT2D eigenvalue weighted by Gasteiger charge is 2.32. The number of allylic oxidation sites excluding steroid dienone is 1. The number of rotatable bonds is 4. The number of nitro benzene ring substituents is 1. The minimum atomic E-state index is -0.713. The molecule has 4 aromatic rings. The minimum Gasteiger partial charge on any atom is -0.449 e. The molecule has 184 valence electrons. The molecule has 0 saturated carbocycles. The number of hydrogen-bond acceptors (Lipinski definition) is 8. The average molecular weight is 516 g/mol. The van der Waals surface area contributed by atoms with Crippen molar-refractivity contribution in [1.29, 1.82) is 5.26 Å². The van der Waals surface area contributed by atoms with Gasteiger partial charge in [-0.15, -0.1) is 0 Å². The van der Waals surface area contributed by atoms with Crippen molar-refractivity contribution >= 4 is 34.2 Å². The number of esters is 1. The second-order valence-corrected chi connectivity index (χ2v) is 8.93. The predicted octanol–water partition coefficient (Wildman–Crippen LogP) is 6.05. The third-order valence-corrected chi connectivity index (χ3v) is 6.63. The van der Waals surface area contributed by atoms with Crippen LogP contribution < -0.4 is 15.2 Å². The standard InChI is InChI=1S/C27H18ClN3O6/c1-13-8-22-19(11-21(13)28)14(2)25(36-22)27(32)35-17-6-7-18-23(10-17)37-26(30)20(12-29)24(18)15-4-3-5-16(9-15)31(33)34/h3-11,24H,30H2,1-2H3. The molecule has 3 aromatic carbocycles. The van der Waals surface area contributed by atoms with Crippen LogP contribution in [0.2, 0.25) is 5.02 Å². The van der Waals surface area contributed by atoms with Crippen molar-refractivity contribution in [3.63, 3.8) is 0 Å². The number of hydrogen-bond donors (Lipinski definition) is 1. The second kappa shape index (κ2) is 9.00. The van der Waals surface area contributed by atoms with Crippen LogP contribution in [0, 0.1) is 35.3 Å². The molecule has 1 atom stereocenters. The largest absolute Gasteiger partial charge is 0.449 e. The summed E-state index contributed by atoms with van der Waals surface area (Å²) in [5.74, 6) is -1.11. The SMILES string of the molecule is Cc1cc2oc(C(=O)Oc3ccc4c(c3)OC(N)=C(C#N)C4c3cccc([N+](=O)[O-])c3)c(C)c2cc1Cl. The molecule has 0 saturated heterocycles. The van der Waals surface area contributed by atoms with E-state index in [1.807, 2.05) is 13.0 Å². The van der Waals surface area contributed by atoms with E-state index in [-0.39, 0.29) is 34.4 Å². The predicted molar refractivity (Wildman–Crippen MR) is 134 cm³/mol. The van der Waals surface area contributed by atoms with Gasteiger partial charge in [0.25, 0.3) is 5.69 Å². The fourth-order valence-corrected chi connectivity index (χ4v) is 4.51. The van der Waals surface area contributed by atoms with Gasteiger partial charge in [-0.05, 0) is 43.2 Å². The number of benzene rings is 3. The number of nitriles is 1. The molecular formula is C27H18ClN3O6. The van der Waals surface area contributed by atoms with Crippen LogP contribution >= 0.6 is 11.6 Å². The molecule has 0 radical (unpaired) electrons. The number of furan rings is 1. The number of aryl methyl sites for hydroxylation is 2. The summed E-state index contributed by atoms with van der Waals surface area (Å²) >= 11 is 6.22. The third kappa shape index (κ3) is 4.13. The Bertz CT molecular complexity index is 1700. The van der Waals surface area contributed by atoms with Gasteiger partial charge < -0.3 is 19.6 Å². The molecule has 1 aliphatic rings. The number of carbonyl (C=O) groups excluding carboxylic acids is 1. The number of halogens is 1. The molecule has 1 aromatic heterocycles. The second-order valence-electron chi connectivity index (χ2n) is 8.52. The summed E-state index contributed by atoms with van der Waals surface area (Å²) in [6.07, 6.45) is 0. The van der Waals surface area contributed by atoms with Gasteiger partial charge in [-0.3, -0.25) is 10.1 Å². The lowest BCUT2D eigenvalue weighted by Gasteiger charge is -2.26. The zero-order valence-electron chi connectivity index (χ0n) is 19.6. The van der Waals surface area contributed by atoms with Crippen LogP contribution in [0.4, 0.5) is 5.69 Å². The molecule has 0 spiro atoms. The molecule has 0 bridgehead atoms. The van der Waals surface area contributed by atoms with Gasteiger partial charge in [0.1, 0.15) is 28.7 Å². The number of non-ortho nitro benzene ring substituents is 1. The Labute approximate surface area is 215 Å². The van der Waals surface area contributed by atoms with Crippen molar-refractivity contribution in [2.45, 2.75) is 19.8 Å². The highest BCUT2D eigenvalue weighted by molar-refractivity contribution is 6.32. The van der Waals surface area contributed by atoms with Crippen LogP contribution in [0.25, 0.3) is 11.0 Å². The summed E-state index contributed by atoms with van der Waals surface area (Å²) in [5, 5.41) is 22.3. The van der Waals surface area contributed by atoms with Gasteiger partial charge in [0.2, 0.25) is 11.6 Å². The summed E-state index contributed by atoms with van der Waals surface area (Å²) in [4.78, 5) is 23.7. The number of fused-ring (bicyclic) bond motifs is 2. The summed E-state index contributed by atoms with van der Waals surface area (Å²) in [7, 11) is 0. The van der Waals surface area contributed by atoms with Crippen molar-refractivity contribution < 1.29 is 23.6 Å². The van der Waals surface area contributed by atoms with E-state index >= 15 is 0 Å². The summed E-state index contributed by atoms with van der Waals surface area (Å²) in [5.41, 5.74) is 8.98. The number of carbonyl (C=O) groups is 1. The van der Waals surface area contributed by atoms with E-state index in [2.05, 4.69) is 0 Å². The van der Waals surface area contributed by atoms with Crippen LogP contribution in [0.5, 0.6) is 11.5 Å². The summed E-state index contributed by atoms with van der Waals surface area (Å²) < 4.78 is 17.0. The van der Waals surface area contributed by atoms with Gasteiger partial charge in [0, 0.05) is 39.7 Å². The molecule has 1 aliphatic heterocycles. The van der Waals surface area contributed by atoms with Crippen molar-refractivity contribution in [2.24, 2.45) is 5.73 Å². The van der Waals surface area contributed by atoms with Gasteiger partial charge in [-0.2, -0.15) is 5.26 Å². The Hall–Kier alpha value is -4.81. The maximum atomic E-state index is 13.0. The van der Waals surface area contributed by atoms with Gasteiger partial charge in [0.15, 0.2) is 0 Å². The number of nitrogens with two attached hydrogens (primary N) is 1. The van der Waals surface area contributed by atoms with Gasteiger partial charge in [-0.25, -0.2) is 4.79 Å². The van der Waals surface area contributed by atoms with E-state index in [0.717, 1.165) is 5.56 Å². The van der Waals surface area contributed by atoms with E-state index in [1.54, 1.807) is 37.3 Å². The van der Waals surface area contributed by atoms with Crippen LogP contribution in [0.15, 0.2) is 70.5 Å². The fraction of sp³-hybridized carbons (Fsp3) is 0.111. The fourth-order valence-electron chi connectivity index (χ4n) is 4.35. The lowest BCUT2D eigenvalue weighted by atomic mass is 9.83. The van der Waals surface area contributed by atoms with Crippen LogP contribution in [0.1, 0.15) is 38.7 Å². The van der Waals surface area contributed by atoms with E-state index in [0.29, 0.717) is 32.7 Å². The maximum Gasteiger partial charge on any atom is 0.379 e. The zero-order valence-corrected chi connectivity index (χ0v) is 20.3. The van der Waals surface area contributed by atoms with Crippen molar-refractivity contribution in [3.05, 3.63) is 109 Å². The summed E-state index contributed by atoms with van der Waals surface area (Å²) in [6.45, 7) is 3.58. The van der Waals surface area contributed by atoms with Crippen LogP contribution in [0.3, 0.4) is 0 Å². The molecule has 37 heavy (non-hydrogen) atoms. The van der Waals surface area contributed by atoms with Gasteiger partial charge >= 0.3 is 5.97 Å². The highest BCUT2D eigenvalue weighted by Crippen LogP contribution is 2.44. The molecule has 1 unspecified atom stereocenters. The number of nitro groups is 1. The van der Waals surface area contributed by atoms with Crippen LogP contribution in [-0.4, -0.2) is 10.9 Å². The Morgan fingerprint density at radius 2 is 1.97 bits per heavy atom. The third-order valence-electron chi connectivity index (χ3n) is 6.22. The Balaban J connectivity index is 1.50. The monoisotopic (exact) mass is 515 g/mol. The topological polar surface area (TPSA) is 142 Å². The normalized spacial score (nSPS) is 14.6. The molecule has 0 fully saturated rings. The Kier molecular flexibility index (Phi) is 5.82. The maximum absolute atomic E-state index is 13.0. The molecule has 0 amide bonds. The molecule has 5 rings (SSSR count). The summed E-state index contributed by atoms with van der Waals surface area (Å²) in [6, 6.07) is 16.1. The van der Waals surface area contributed by atoms with E-state index < -0.39 is 16.8 Å². The zero-order chi connectivity index (χ0) is 26.4. The average Bonchev–Trinajstić information content (AvgIpc) is 3.18. The smallest absolute Gasteiger partial charge is 0.379 e. The molecule has 2 N–H and O–H groups in total. The molecule has 0 aliphatic carbocycles. The first-order valence-electron chi connectivity index (χ1n) is 11.0. The van der Waals surface area contributed by atoms with Crippen molar-refractivity contribution in [1.82, 2.24) is 0 Å². The van der Waals surface area contributed by atoms with Crippen molar-refractivity contribution in [2.75, 3.05) is 0 Å². The van der Waals surface area contributed by atoms with Gasteiger partial charge in [0.05, 0.1) is 10.8 Å². The van der Waals surface area contributed by atoms with E-state index in [4.69, 9.17) is 31.2 Å². The molecule has 2 heterocycles. The number of ether oxygens (including phenoxy) is 2. The van der Waals surface area contributed by atoms with Gasteiger partial charge in [-0.1, -0.05) is 29.8 Å². The quantitative estimate of drug-likeness (QED) is 0.150. The van der Waals surface area contributed by atoms with E-state index in [1.165, 1.54) is 24.3 Å². The highest BCUT2D eigenvalue weighted by atomic mass is 35.5. The van der Waals surface area contributed by atoms with Crippen molar-refractivity contribution in [3.8, 4) is 17.6 Å². The molecular weight excluding hydrogens is 498 g/mol. The lowest BCUT2D eigenvalue weighted by Crippen LogP contribution is -2.21. The lowest BCUT2D eigenvalue weighted by molar-refractivity contribution is -0.384. The molecule has 10 heteroatoms. The number of nitrogens with zero attached hydrogens (tertiary/aromatic N) is 2.